The Morgan fingerprint density at radius 3 is 2.14 bits per heavy atom. The van der Waals surface area contributed by atoms with E-state index in [0.29, 0.717) is 5.56 Å². The van der Waals surface area contributed by atoms with E-state index in [2.05, 4.69) is 4.72 Å². The Morgan fingerprint density at radius 1 is 1.19 bits per heavy atom. The fourth-order valence-corrected chi connectivity index (χ4v) is 4.31. The molecule has 0 aliphatic carbocycles. The lowest BCUT2D eigenvalue weighted by molar-refractivity contribution is 0.0697. The third-order valence-electron chi connectivity index (χ3n) is 2.49. The van der Waals surface area contributed by atoms with E-state index >= 15 is 0 Å². The van der Waals surface area contributed by atoms with Gasteiger partial charge in [0.1, 0.15) is 9.84 Å². The van der Waals surface area contributed by atoms with Gasteiger partial charge in [-0.1, -0.05) is 12.1 Å². The molecular weight excluding hydrogens is 318 g/mol. The molecule has 0 aliphatic rings. The zero-order chi connectivity index (χ0) is 16.3. The van der Waals surface area contributed by atoms with Crippen LogP contribution in [0.5, 0.6) is 0 Å². The van der Waals surface area contributed by atoms with Gasteiger partial charge in [-0.25, -0.2) is 26.4 Å². The maximum Gasteiger partial charge on any atom is 0.335 e. The van der Waals surface area contributed by atoms with Gasteiger partial charge in [0.05, 0.1) is 17.1 Å². The van der Waals surface area contributed by atoms with E-state index in [4.69, 9.17) is 5.11 Å². The van der Waals surface area contributed by atoms with E-state index in [0.717, 1.165) is 6.26 Å². The summed E-state index contributed by atoms with van der Waals surface area (Å²) in [5.74, 6) is -1.73. The summed E-state index contributed by atoms with van der Waals surface area (Å²) in [7, 11) is -6.98. The highest BCUT2D eigenvalue weighted by atomic mass is 32.2. The van der Waals surface area contributed by atoms with Crippen LogP contribution in [-0.2, 0) is 25.6 Å². The predicted molar refractivity (Wildman–Crippen MR) is 78.3 cm³/mol. The van der Waals surface area contributed by atoms with Crippen molar-refractivity contribution < 1.29 is 26.7 Å². The number of carboxylic acid groups (broad SMARTS) is 1. The van der Waals surface area contributed by atoms with E-state index in [9.17, 15) is 21.6 Å². The molecule has 2 N–H and O–H groups in total. The number of sulfonamides is 1. The first-order valence-corrected chi connectivity index (χ1v) is 9.70. The van der Waals surface area contributed by atoms with Crippen LogP contribution in [0.4, 0.5) is 0 Å². The van der Waals surface area contributed by atoms with Gasteiger partial charge in [-0.2, -0.15) is 0 Å². The van der Waals surface area contributed by atoms with Crippen LogP contribution < -0.4 is 4.72 Å². The average molecular weight is 335 g/mol. The number of hydrogen-bond acceptors (Lipinski definition) is 5. The van der Waals surface area contributed by atoms with Crippen LogP contribution in [0.15, 0.2) is 24.3 Å². The molecule has 0 saturated heterocycles. The van der Waals surface area contributed by atoms with Crippen LogP contribution in [0, 0.1) is 0 Å². The molecule has 0 bridgehead atoms. The van der Waals surface area contributed by atoms with Gasteiger partial charge in [-0.05, 0) is 24.6 Å². The normalized spacial score (nSPS) is 13.8. The van der Waals surface area contributed by atoms with Crippen LogP contribution in [0.1, 0.15) is 22.8 Å². The van der Waals surface area contributed by atoms with Crippen LogP contribution in [0.3, 0.4) is 0 Å². The molecule has 0 radical (unpaired) electrons. The third kappa shape index (κ3) is 6.69. The van der Waals surface area contributed by atoms with Gasteiger partial charge in [-0.3, -0.25) is 0 Å². The van der Waals surface area contributed by atoms with E-state index < -0.39 is 31.9 Å². The Morgan fingerprint density at radius 2 is 1.71 bits per heavy atom. The van der Waals surface area contributed by atoms with Crippen molar-refractivity contribution in [1.82, 2.24) is 4.72 Å². The van der Waals surface area contributed by atoms with Gasteiger partial charge in [0.25, 0.3) is 0 Å². The van der Waals surface area contributed by atoms with Crippen molar-refractivity contribution in [2.75, 3.05) is 12.0 Å². The van der Waals surface area contributed by atoms with Crippen molar-refractivity contribution in [1.29, 1.82) is 0 Å². The maximum atomic E-state index is 11.9. The van der Waals surface area contributed by atoms with E-state index in [1.165, 1.54) is 31.2 Å². The molecule has 0 saturated carbocycles. The Hall–Kier alpha value is -1.45. The zero-order valence-electron chi connectivity index (χ0n) is 11.6. The second kappa shape index (κ2) is 6.54. The lowest BCUT2D eigenvalue weighted by Gasteiger charge is -2.13. The van der Waals surface area contributed by atoms with Gasteiger partial charge in [0, 0.05) is 12.3 Å². The SMILES string of the molecule is CC(CS(C)(=O)=O)NS(=O)(=O)Cc1ccc(C(=O)O)cc1. The fraction of sp³-hybridized carbons (Fsp3) is 0.417. The molecule has 0 heterocycles. The van der Waals surface area contributed by atoms with Crippen LogP contribution in [0.2, 0.25) is 0 Å². The van der Waals surface area contributed by atoms with Crippen molar-refractivity contribution >= 4 is 25.8 Å². The van der Waals surface area contributed by atoms with Gasteiger partial charge in [0.2, 0.25) is 10.0 Å². The summed E-state index contributed by atoms with van der Waals surface area (Å²) in [6.07, 6.45) is 1.03. The molecule has 9 heteroatoms. The largest absolute Gasteiger partial charge is 0.478 e. The highest BCUT2D eigenvalue weighted by Crippen LogP contribution is 2.08. The highest BCUT2D eigenvalue weighted by Gasteiger charge is 2.18. The van der Waals surface area contributed by atoms with Crippen molar-refractivity contribution in [2.45, 2.75) is 18.7 Å². The summed E-state index contributed by atoms with van der Waals surface area (Å²) in [5, 5.41) is 8.75. The first-order chi connectivity index (χ1) is 9.48. The molecule has 7 nitrogen and oxygen atoms in total. The minimum atomic E-state index is -3.70. The number of nitrogens with one attached hydrogen (secondary N) is 1. The van der Waals surface area contributed by atoms with Crippen molar-refractivity contribution in [3.05, 3.63) is 35.4 Å². The molecule has 1 unspecified atom stereocenters. The van der Waals surface area contributed by atoms with Gasteiger partial charge >= 0.3 is 5.97 Å². The maximum absolute atomic E-state index is 11.9. The standard InChI is InChI=1S/C12H17NO6S2/c1-9(7-20(2,16)17)13-21(18,19)8-10-3-5-11(6-4-10)12(14)15/h3-6,9,13H,7-8H2,1-2H3,(H,14,15). The second-order valence-corrected chi connectivity index (χ2v) is 8.81. The lowest BCUT2D eigenvalue weighted by atomic mass is 10.1. The number of sulfone groups is 1. The third-order valence-corrected chi connectivity index (χ3v) is 5.07. The summed E-state index contributed by atoms with van der Waals surface area (Å²) in [5.41, 5.74) is 0.480. The molecule has 1 rings (SSSR count). The van der Waals surface area contributed by atoms with E-state index in [1.54, 1.807) is 0 Å². The molecule has 0 fully saturated rings. The van der Waals surface area contributed by atoms with E-state index in [1.807, 2.05) is 0 Å². The van der Waals surface area contributed by atoms with Crippen LogP contribution in [-0.4, -0.2) is 46.0 Å². The molecule has 118 valence electrons. The number of rotatable bonds is 7. The first kappa shape index (κ1) is 17.6. The summed E-state index contributed by atoms with van der Waals surface area (Å²) >= 11 is 0. The zero-order valence-corrected chi connectivity index (χ0v) is 13.2. The van der Waals surface area contributed by atoms with Crippen LogP contribution >= 0.6 is 0 Å². The lowest BCUT2D eigenvalue weighted by Crippen LogP contribution is -2.37. The Kier molecular flexibility index (Phi) is 5.48. The predicted octanol–water partition coefficient (Wildman–Crippen LogP) is 0.237. The number of benzene rings is 1. The van der Waals surface area contributed by atoms with Crippen LogP contribution in [0.25, 0.3) is 0 Å². The van der Waals surface area contributed by atoms with Gasteiger partial charge in [0.15, 0.2) is 0 Å². The topological polar surface area (TPSA) is 118 Å². The molecule has 21 heavy (non-hydrogen) atoms. The Bertz CT molecular complexity index is 707. The molecule has 1 aromatic carbocycles. The number of carboxylic acids is 1. The molecule has 0 spiro atoms. The Balaban J connectivity index is 2.74. The van der Waals surface area contributed by atoms with Gasteiger partial charge < -0.3 is 5.11 Å². The molecule has 0 amide bonds. The number of hydrogen-bond donors (Lipinski definition) is 2. The summed E-state index contributed by atoms with van der Waals surface area (Å²) in [6.45, 7) is 1.46. The minimum Gasteiger partial charge on any atom is -0.478 e. The molecular formula is C12H17NO6S2. The number of carbonyl (C=O) groups is 1. The van der Waals surface area contributed by atoms with Crippen molar-refractivity contribution in [2.24, 2.45) is 0 Å². The summed E-state index contributed by atoms with van der Waals surface area (Å²) in [4.78, 5) is 10.7. The monoisotopic (exact) mass is 335 g/mol. The Labute approximate surface area is 124 Å². The molecule has 0 aliphatic heterocycles. The summed E-state index contributed by atoms with van der Waals surface area (Å²) in [6, 6.07) is 4.71. The van der Waals surface area contributed by atoms with E-state index in [-0.39, 0.29) is 17.1 Å². The quantitative estimate of drug-likeness (QED) is 0.737. The first-order valence-electron chi connectivity index (χ1n) is 5.98. The molecule has 1 atom stereocenters. The smallest absolute Gasteiger partial charge is 0.335 e. The second-order valence-electron chi connectivity index (χ2n) is 4.87. The molecule has 1 aromatic rings. The fourth-order valence-electron chi connectivity index (χ4n) is 1.80. The number of aromatic carboxylic acids is 1. The average Bonchev–Trinajstić information content (AvgIpc) is 2.24. The van der Waals surface area contributed by atoms with Crippen molar-refractivity contribution in [3.63, 3.8) is 0 Å². The highest BCUT2D eigenvalue weighted by molar-refractivity contribution is 7.91. The minimum absolute atomic E-state index is 0.0644. The van der Waals surface area contributed by atoms with Crippen molar-refractivity contribution in [3.8, 4) is 0 Å². The summed E-state index contributed by atoms with van der Waals surface area (Å²) < 4.78 is 48.3. The van der Waals surface area contributed by atoms with Gasteiger partial charge in [-0.15, -0.1) is 0 Å². The molecule has 0 aromatic heterocycles.